The van der Waals surface area contributed by atoms with Crippen molar-refractivity contribution in [2.24, 2.45) is 0 Å². The summed E-state index contributed by atoms with van der Waals surface area (Å²) in [7, 11) is 0. The Labute approximate surface area is 105 Å². The number of hydrogen-bond donors (Lipinski definition) is 1. The molecule has 0 aliphatic heterocycles. The Kier molecular flexibility index (Phi) is 1.69. The van der Waals surface area contributed by atoms with Crippen LogP contribution in [0.15, 0.2) is 48.5 Å². The van der Waals surface area contributed by atoms with Crippen molar-refractivity contribution in [1.82, 2.24) is 0 Å². The van der Waals surface area contributed by atoms with E-state index in [9.17, 15) is 5.11 Å². The minimum Gasteiger partial charge on any atom is -0.507 e. The zero-order valence-corrected chi connectivity index (χ0v) is 10.1. The van der Waals surface area contributed by atoms with Crippen LogP contribution in [0.25, 0.3) is 32.3 Å². The molecule has 0 radical (unpaired) electrons. The molecule has 1 heteroatoms. The van der Waals surface area contributed by atoms with Crippen molar-refractivity contribution in [2.75, 3.05) is 0 Å². The highest BCUT2D eigenvalue weighted by molar-refractivity contribution is 6.24. The molecule has 0 unspecified atom stereocenters. The van der Waals surface area contributed by atoms with Crippen molar-refractivity contribution in [3.05, 3.63) is 54.1 Å². The summed E-state index contributed by atoms with van der Waals surface area (Å²) in [6, 6.07) is 16.4. The molecule has 0 fully saturated rings. The van der Waals surface area contributed by atoms with E-state index in [0.29, 0.717) is 5.75 Å². The quantitative estimate of drug-likeness (QED) is 0.439. The maximum absolute atomic E-state index is 10.0. The van der Waals surface area contributed by atoms with Crippen LogP contribution < -0.4 is 0 Å². The van der Waals surface area contributed by atoms with Gasteiger partial charge in [-0.3, -0.25) is 0 Å². The maximum Gasteiger partial charge on any atom is 0.123 e. The van der Waals surface area contributed by atoms with Crippen molar-refractivity contribution in [2.45, 2.75) is 6.92 Å². The fourth-order valence-corrected chi connectivity index (χ4v) is 2.99. The summed E-state index contributed by atoms with van der Waals surface area (Å²) in [6.45, 7) is 2.14. The first-order valence-corrected chi connectivity index (χ1v) is 6.12. The lowest BCUT2D eigenvalue weighted by molar-refractivity contribution is 0.482. The Morgan fingerprint density at radius 3 is 2.44 bits per heavy atom. The summed E-state index contributed by atoms with van der Waals surface area (Å²) in [5, 5.41) is 17.1. The molecular weight excluding hydrogens is 220 g/mol. The highest BCUT2D eigenvalue weighted by Gasteiger charge is 2.11. The van der Waals surface area contributed by atoms with Crippen LogP contribution in [0.4, 0.5) is 0 Å². The van der Waals surface area contributed by atoms with Gasteiger partial charge in [0.05, 0.1) is 0 Å². The lowest BCUT2D eigenvalue weighted by atomic mass is 9.91. The number of benzene rings is 4. The molecule has 0 spiro atoms. The molecule has 0 saturated heterocycles. The number of phenols is 1. The molecule has 86 valence electrons. The zero-order valence-electron chi connectivity index (χ0n) is 10.1. The first-order valence-electron chi connectivity index (χ1n) is 6.12. The van der Waals surface area contributed by atoms with E-state index in [1.807, 2.05) is 12.1 Å². The van der Waals surface area contributed by atoms with E-state index >= 15 is 0 Å². The minimum absolute atomic E-state index is 0.360. The second kappa shape index (κ2) is 3.14. The van der Waals surface area contributed by atoms with Gasteiger partial charge in [-0.1, -0.05) is 42.5 Å². The van der Waals surface area contributed by atoms with Gasteiger partial charge in [-0.25, -0.2) is 0 Å². The first kappa shape index (κ1) is 9.72. The van der Waals surface area contributed by atoms with Crippen LogP contribution in [0.5, 0.6) is 5.75 Å². The third-order valence-electron chi connectivity index (χ3n) is 3.83. The van der Waals surface area contributed by atoms with E-state index in [4.69, 9.17) is 0 Å². The molecule has 0 heterocycles. The molecule has 0 bridgehead atoms. The average molecular weight is 232 g/mol. The predicted octanol–water partition coefficient (Wildman–Crippen LogP) is 4.60. The van der Waals surface area contributed by atoms with Gasteiger partial charge in [-0.2, -0.15) is 0 Å². The Balaban J connectivity index is 2.49. The normalized spacial score (nSPS) is 11.8. The van der Waals surface area contributed by atoms with Gasteiger partial charge in [-0.15, -0.1) is 0 Å². The fourth-order valence-electron chi connectivity index (χ4n) is 2.99. The molecule has 0 aliphatic rings. The van der Waals surface area contributed by atoms with Crippen LogP contribution in [0.3, 0.4) is 0 Å². The highest BCUT2D eigenvalue weighted by atomic mass is 16.3. The van der Waals surface area contributed by atoms with Crippen LogP contribution >= 0.6 is 0 Å². The number of aryl methyl sites for hydroxylation is 1. The maximum atomic E-state index is 10.0. The molecule has 0 aromatic heterocycles. The summed E-state index contributed by atoms with van der Waals surface area (Å²) in [5.74, 6) is 0.360. The van der Waals surface area contributed by atoms with E-state index in [0.717, 1.165) is 5.39 Å². The lowest BCUT2D eigenvalue weighted by Gasteiger charge is -2.13. The number of rotatable bonds is 0. The Morgan fingerprint density at radius 1 is 0.778 bits per heavy atom. The van der Waals surface area contributed by atoms with E-state index in [2.05, 4.69) is 37.3 Å². The zero-order chi connectivity index (χ0) is 12.3. The van der Waals surface area contributed by atoms with Gasteiger partial charge in [0.25, 0.3) is 0 Å². The molecule has 0 atom stereocenters. The summed E-state index contributed by atoms with van der Waals surface area (Å²) in [6.07, 6.45) is 0. The summed E-state index contributed by atoms with van der Waals surface area (Å²) >= 11 is 0. The van der Waals surface area contributed by atoms with Gasteiger partial charge < -0.3 is 5.11 Å². The molecular formula is C17H12O. The topological polar surface area (TPSA) is 20.2 Å². The molecule has 0 amide bonds. The largest absolute Gasteiger partial charge is 0.507 e. The van der Waals surface area contributed by atoms with Crippen LogP contribution in [0.1, 0.15) is 5.56 Å². The van der Waals surface area contributed by atoms with E-state index < -0.39 is 0 Å². The van der Waals surface area contributed by atoms with Gasteiger partial charge in [0.15, 0.2) is 0 Å². The monoisotopic (exact) mass is 232 g/mol. The Hall–Kier alpha value is -2.28. The molecule has 18 heavy (non-hydrogen) atoms. The SMILES string of the molecule is Cc1cc2ccc(O)c3ccc4cccc1c4c23. The second-order valence-corrected chi connectivity index (χ2v) is 4.89. The molecule has 4 aromatic carbocycles. The fraction of sp³-hybridized carbons (Fsp3) is 0.0588. The molecule has 4 aromatic rings. The Bertz CT molecular complexity index is 885. The van der Waals surface area contributed by atoms with Crippen molar-refractivity contribution >= 4 is 32.3 Å². The standard InChI is InChI=1S/C17H12O/c1-10-9-12-6-8-15(18)14-7-5-11-3-2-4-13(10)16(11)17(12)14/h2-9,18H,1H3. The average Bonchev–Trinajstić information content (AvgIpc) is 2.40. The van der Waals surface area contributed by atoms with Crippen molar-refractivity contribution in [1.29, 1.82) is 0 Å². The summed E-state index contributed by atoms with van der Waals surface area (Å²) in [5.41, 5.74) is 1.28. The van der Waals surface area contributed by atoms with Gasteiger partial charge in [0, 0.05) is 10.8 Å². The Morgan fingerprint density at radius 2 is 1.56 bits per heavy atom. The van der Waals surface area contributed by atoms with Crippen LogP contribution in [-0.4, -0.2) is 5.11 Å². The van der Waals surface area contributed by atoms with Crippen molar-refractivity contribution < 1.29 is 5.11 Å². The summed E-state index contributed by atoms with van der Waals surface area (Å²) in [4.78, 5) is 0. The van der Waals surface area contributed by atoms with Crippen LogP contribution in [-0.2, 0) is 0 Å². The van der Waals surface area contributed by atoms with Gasteiger partial charge in [0.2, 0.25) is 0 Å². The third kappa shape index (κ3) is 1.06. The van der Waals surface area contributed by atoms with E-state index in [1.54, 1.807) is 6.07 Å². The molecule has 0 aliphatic carbocycles. The molecule has 4 rings (SSSR count). The molecule has 1 N–H and O–H groups in total. The van der Waals surface area contributed by atoms with Crippen molar-refractivity contribution in [3.8, 4) is 5.75 Å². The molecule has 0 saturated carbocycles. The van der Waals surface area contributed by atoms with Crippen molar-refractivity contribution in [3.63, 3.8) is 0 Å². The smallest absolute Gasteiger partial charge is 0.123 e. The lowest BCUT2D eigenvalue weighted by Crippen LogP contribution is -1.86. The van der Waals surface area contributed by atoms with E-state index in [-0.39, 0.29) is 0 Å². The first-order chi connectivity index (χ1) is 8.75. The second-order valence-electron chi connectivity index (χ2n) is 4.89. The minimum atomic E-state index is 0.360. The molecule has 1 nitrogen and oxygen atoms in total. The third-order valence-corrected chi connectivity index (χ3v) is 3.83. The van der Waals surface area contributed by atoms with Gasteiger partial charge in [-0.05, 0) is 40.1 Å². The number of hydrogen-bond acceptors (Lipinski definition) is 1. The van der Waals surface area contributed by atoms with Crippen LogP contribution in [0, 0.1) is 6.92 Å². The summed E-state index contributed by atoms with van der Waals surface area (Å²) < 4.78 is 0. The number of phenolic OH excluding ortho intramolecular Hbond substituents is 1. The van der Waals surface area contributed by atoms with Gasteiger partial charge in [0.1, 0.15) is 5.75 Å². The van der Waals surface area contributed by atoms with E-state index in [1.165, 1.54) is 32.5 Å². The number of aromatic hydroxyl groups is 1. The van der Waals surface area contributed by atoms with Crippen LogP contribution in [0.2, 0.25) is 0 Å². The predicted molar refractivity (Wildman–Crippen MR) is 76.5 cm³/mol. The highest BCUT2D eigenvalue weighted by Crippen LogP contribution is 2.39. The van der Waals surface area contributed by atoms with Gasteiger partial charge >= 0.3 is 0 Å².